The van der Waals surface area contributed by atoms with Crippen molar-refractivity contribution in [2.24, 2.45) is 5.92 Å². The van der Waals surface area contributed by atoms with Gasteiger partial charge in [-0.2, -0.15) is 13.2 Å². The molecule has 0 spiro atoms. The van der Waals surface area contributed by atoms with Crippen molar-refractivity contribution in [3.05, 3.63) is 35.5 Å². The standard InChI is InChI=1S/C14H14F3N/c1-9-7-11-12(14(15,16)17)3-2-4-13(11)18(9)8-10-5-6-10/h2-4,7,10H,5-6,8H2,1H3. The average Bonchev–Trinajstić information content (AvgIpc) is 3.03. The highest BCUT2D eigenvalue weighted by Crippen LogP contribution is 2.38. The largest absolute Gasteiger partial charge is 0.417 e. The van der Waals surface area contributed by atoms with Crippen molar-refractivity contribution in [3.63, 3.8) is 0 Å². The molecular weight excluding hydrogens is 239 g/mol. The summed E-state index contributed by atoms with van der Waals surface area (Å²) in [6.07, 6.45) is -1.89. The normalized spacial score (nSPS) is 16.4. The van der Waals surface area contributed by atoms with Crippen LogP contribution in [-0.2, 0) is 12.7 Å². The molecule has 1 aliphatic rings. The molecule has 0 bridgehead atoms. The summed E-state index contributed by atoms with van der Waals surface area (Å²) >= 11 is 0. The molecule has 0 aliphatic heterocycles. The molecule has 1 aliphatic carbocycles. The summed E-state index contributed by atoms with van der Waals surface area (Å²) in [6, 6.07) is 6.08. The van der Waals surface area contributed by atoms with E-state index in [0.717, 1.165) is 18.3 Å². The maximum Gasteiger partial charge on any atom is 0.417 e. The maximum atomic E-state index is 12.9. The Kier molecular flexibility index (Phi) is 2.44. The zero-order valence-corrected chi connectivity index (χ0v) is 10.1. The fourth-order valence-corrected chi connectivity index (χ4v) is 2.47. The molecule has 4 heteroatoms. The van der Waals surface area contributed by atoms with Gasteiger partial charge in [-0.05, 0) is 43.9 Å². The highest BCUT2D eigenvalue weighted by molar-refractivity contribution is 5.85. The maximum absolute atomic E-state index is 12.9. The second-order valence-corrected chi connectivity index (χ2v) is 5.08. The van der Waals surface area contributed by atoms with Gasteiger partial charge in [-0.25, -0.2) is 0 Å². The van der Waals surface area contributed by atoms with Crippen molar-refractivity contribution in [1.82, 2.24) is 4.57 Å². The molecule has 0 N–H and O–H groups in total. The third-order valence-corrected chi connectivity index (χ3v) is 3.60. The fourth-order valence-electron chi connectivity index (χ4n) is 2.47. The summed E-state index contributed by atoms with van der Waals surface area (Å²) < 4.78 is 40.8. The number of aromatic nitrogens is 1. The molecule has 2 aromatic rings. The number of benzene rings is 1. The van der Waals surface area contributed by atoms with Crippen molar-refractivity contribution in [3.8, 4) is 0 Å². The molecule has 18 heavy (non-hydrogen) atoms. The molecule has 1 saturated carbocycles. The number of aryl methyl sites for hydroxylation is 1. The van der Waals surface area contributed by atoms with E-state index < -0.39 is 11.7 Å². The van der Waals surface area contributed by atoms with E-state index in [-0.39, 0.29) is 0 Å². The molecule has 1 heterocycles. The Labute approximate surface area is 103 Å². The van der Waals surface area contributed by atoms with Gasteiger partial charge in [0, 0.05) is 23.1 Å². The number of rotatable bonds is 2. The van der Waals surface area contributed by atoms with E-state index >= 15 is 0 Å². The predicted octanol–water partition coefficient (Wildman–Crippen LogP) is 4.38. The highest BCUT2D eigenvalue weighted by atomic mass is 19.4. The van der Waals surface area contributed by atoms with Gasteiger partial charge < -0.3 is 4.57 Å². The van der Waals surface area contributed by atoms with Gasteiger partial charge in [-0.3, -0.25) is 0 Å². The minimum atomic E-state index is -4.28. The third kappa shape index (κ3) is 1.89. The molecule has 1 nitrogen and oxygen atoms in total. The van der Waals surface area contributed by atoms with Crippen LogP contribution < -0.4 is 0 Å². The number of hydrogen-bond donors (Lipinski definition) is 0. The van der Waals surface area contributed by atoms with Crippen LogP contribution in [0, 0.1) is 12.8 Å². The van der Waals surface area contributed by atoms with Crippen molar-refractivity contribution in [2.75, 3.05) is 0 Å². The molecule has 0 amide bonds. The van der Waals surface area contributed by atoms with E-state index in [1.54, 1.807) is 12.1 Å². The first kappa shape index (κ1) is 11.6. The summed E-state index contributed by atoms with van der Waals surface area (Å²) in [5.41, 5.74) is 1.08. The summed E-state index contributed by atoms with van der Waals surface area (Å²) in [7, 11) is 0. The molecule has 0 unspecified atom stereocenters. The van der Waals surface area contributed by atoms with Crippen LogP contribution in [0.3, 0.4) is 0 Å². The quantitative estimate of drug-likeness (QED) is 0.748. The summed E-state index contributed by atoms with van der Waals surface area (Å²) in [4.78, 5) is 0. The van der Waals surface area contributed by atoms with Crippen molar-refractivity contribution in [1.29, 1.82) is 0 Å². The third-order valence-electron chi connectivity index (χ3n) is 3.60. The van der Waals surface area contributed by atoms with Gasteiger partial charge in [0.05, 0.1) is 5.56 Å². The first-order valence-electron chi connectivity index (χ1n) is 6.13. The zero-order valence-electron chi connectivity index (χ0n) is 10.1. The number of halogens is 3. The van der Waals surface area contributed by atoms with Gasteiger partial charge in [0.15, 0.2) is 0 Å². The Morgan fingerprint density at radius 1 is 1.28 bits per heavy atom. The molecule has 0 saturated heterocycles. The van der Waals surface area contributed by atoms with Gasteiger partial charge in [0.25, 0.3) is 0 Å². The van der Waals surface area contributed by atoms with Crippen LogP contribution in [0.4, 0.5) is 13.2 Å². The van der Waals surface area contributed by atoms with Crippen molar-refractivity contribution < 1.29 is 13.2 Å². The predicted molar refractivity (Wildman–Crippen MR) is 64.4 cm³/mol. The smallest absolute Gasteiger partial charge is 0.345 e. The number of hydrogen-bond acceptors (Lipinski definition) is 0. The lowest BCUT2D eigenvalue weighted by atomic mass is 10.1. The highest BCUT2D eigenvalue weighted by Gasteiger charge is 2.33. The van der Waals surface area contributed by atoms with Gasteiger partial charge in [0.1, 0.15) is 0 Å². The Hall–Kier alpha value is -1.45. The first-order valence-corrected chi connectivity index (χ1v) is 6.13. The van der Waals surface area contributed by atoms with Crippen LogP contribution in [-0.4, -0.2) is 4.57 Å². The minimum Gasteiger partial charge on any atom is -0.345 e. The Morgan fingerprint density at radius 2 is 2.00 bits per heavy atom. The summed E-state index contributed by atoms with van der Waals surface area (Å²) in [6.45, 7) is 2.72. The molecule has 0 atom stereocenters. The van der Waals surface area contributed by atoms with E-state index in [2.05, 4.69) is 0 Å². The molecule has 3 rings (SSSR count). The second-order valence-electron chi connectivity index (χ2n) is 5.08. The van der Waals surface area contributed by atoms with Crippen LogP contribution in [0.5, 0.6) is 0 Å². The molecular formula is C14H14F3N. The Bertz CT molecular complexity index is 591. The monoisotopic (exact) mass is 253 g/mol. The summed E-state index contributed by atoms with van der Waals surface area (Å²) in [5, 5.41) is 0.322. The zero-order chi connectivity index (χ0) is 12.9. The van der Waals surface area contributed by atoms with Gasteiger partial charge >= 0.3 is 6.18 Å². The Balaban J connectivity index is 2.18. The topological polar surface area (TPSA) is 4.93 Å². The number of alkyl halides is 3. The van der Waals surface area contributed by atoms with E-state index in [4.69, 9.17) is 0 Å². The molecule has 0 radical (unpaired) electrons. The first-order chi connectivity index (χ1) is 8.47. The van der Waals surface area contributed by atoms with Crippen molar-refractivity contribution in [2.45, 2.75) is 32.5 Å². The van der Waals surface area contributed by atoms with Crippen LogP contribution in [0.25, 0.3) is 10.9 Å². The number of nitrogens with zero attached hydrogens (tertiary/aromatic N) is 1. The lowest BCUT2D eigenvalue weighted by Gasteiger charge is -2.10. The molecule has 1 aromatic carbocycles. The molecule has 96 valence electrons. The van der Waals surface area contributed by atoms with Crippen molar-refractivity contribution >= 4 is 10.9 Å². The van der Waals surface area contributed by atoms with Crippen LogP contribution in [0.2, 0.25) is 0 Å². The van der Waals surface area contributed by atoms with Gasteiger partial charge in [-0.15, -0.1) is 0 Å². The van der Waals surface area contributed by atoms with Gasteiger partial charge in [0.2, 0.25) is 0 Å². The minimum absolute atomic E-state index is 0.322. The van der Waals surface area contributed by atoms with Gasteiger partial charge in [-0.1, -0.05) is 6.07 Å². The molecule has 1 fully saturated rings. The lowest BCUT2D eigenvalue weighted by Crippen LogP contribution is -2.06. The fraction of sp³-hybridized carbons (Fsp3) is 0.429. The Morgan fingerprint density at radius 3 is 2.61 bits per heavy atom. The van der Waals surface area contributed by atoms with E-state index in [0.29, 0.717) is 16.8 Å². The van der Waals surface area contributed by atoms with E-state index in [1.807, 2.05) is 11.5 Å². The lowest BCUT2D eigenvalue weighted by molar-refractivity contribution is -0.136. The van der Waals surface area contributed by atoms with Crippen LogP contribution in [0.15, 0.2) is 24.3 Å². The van der Waals surface area contributed by atoms with Crippen LogP contribution in [0.1, 0.15) is 24.1 Å². The number of fused-ring (bicyclic) bond motifs is 1. The second kappa shape index (κ2) is 3.77. The molecule has 1 aromatic heterocycles. The van der Waals surface area contributed by atoms with E-state index in [9.17, 15) is 13.2 Å². The van der Waals surface area contributed by atoms with E-state index in [1.165, 1.54) is 18.9 Å². The summed E-state index contributed by atoms with van der Waals surface area (Å²) in [5.74, 6) is 0.647. The average molecular weight is 253 g/mol. The van der Waals surface area contributed by atoms with Crippen LogP contribution >= 0.6 is 0 Å². The SMILES string of the molecule is Cc1cc2c(C(F)(F)F)cccc2n1CC1CC1.